The van der Waals surface area contributed by atoms with Gasteiger partial charge in [-0.05, 0) is 43.7 Å². The third-order valence-electron chi connectivity index (χ3n) is 3.19. The molecule has 0 saturated carbocycles. The highest BCUT2D eigenvalue weighted by atomic mass is 32.2. The van der Waals surface area contributed by atoms with E-state index in [1.165, 1.54) is 4.31 Å². The van der Waals surface area contributed by atoms with Gasteiger partial charge >= 0.3 is 0 Å². The van der Waals surface area contributed by atoms with E-state index in [9.17, 15) is 8.42 Å². The van der Waals surface area contributed by atoms with E-state index in [-0.39, 0.29) is 0 Å². The minimum absolute atomic E-state index is 0.312. The third kappa shape index (κ3) is 5.30. The number of rotatable bonds is 10. The minimum Gasteiger partial charge on any atom is -0.494 e. The average molecular weight is 314 g/mol. The zero-order valence-corrected chi connectivity index (χ0v) is 13.7. The molecule has 120 valence electrons. The standard InChI is InChI=1S/C15H26N2O3S/c1-3-5-12-17(4-2)21(18,19)15-9-7-14(8-10-15)20-13-6-11-16/h7-10H,3-6,11-13,16H2,1-2H3. The topological polar surface area (TPSA) is 72.6 Å². The SMILES string of the molecule is CCCCN(CC)S(=O)(=O)c1ccc(OCCCN)cc1. The van der Waals surface area contributed by atoms with E-state index in [2.05, 4.69) is 0 Å². The Morgan fingerprint density at radius 1 is 1.14 bits per heavy atom. The number of unbranched alkanes of at least 4 members (excludes halogenated alkanes) is 1. The molecular formula is C15H26N2O3S. The first-order valence-electron chi connectivity index (χ1n) is 7.49. The van der Waals surface area contributed by atoms with Crippen LogP contribution in [0.1, 0.15) is 33.1 Å². The summed E-state index contributed by atoms with van der Waals surface area (Å²) < 4.78 is 32.0. The summed E-state index contributed by atoms with van der Waals surface area (Å²) >= 11 is 0. The Hall–Kier alpha value is -1.11. The van der Waals surface area contributed by atoms with Crippen molar-refractivity contribution in [3.63, 3.8) is 0 Å². The molecule has 6 heteroatoms. The fourth-order valence-electron chi connectivity index (χ4n) is 1.91. The van der Waals surface area contributed by atoms with Crippen LogP contribution in [0.15, 0.2) is 29.2 Å². The molecular weight excluding hydrogens is 288 g/mol. The van der Waals surface area contributed by atoms with Gasteiger partial charge in [-0.2, -0.15) is 4.31 Å². The van der Waals surface area contributed by atoms with Gasteiger partial charge in [0.15, 0.2) is 0 Å². The summed E-state index contributed by atoms with van der Waals surface area (Å²) in [5, 5.41) is 0. The maximum atomic E-state index is 12.5. The molecule has 1 rings (SSSR count). The highest BCUT2D eigenvalue weighted by Gasteiger charge is 2.22. The molecule has 0 unspecified atom stereocenters. The van der Waals surface area contributed by atoms with Crippen LogP contribution in [-0.4, -0.2) is 39.0 Å². The van der Waals surface area contributed by atoms with Crippen molar-refractivity contribution in [1.82, 2.24) is 4.31 Å². The van der Waals surface area contributed by atoms with Crippen LogP contribution in [0.3, 0.4) is 0 Å². The number of hydrogen-bond donors (Lipinski definition) is 1. The number of sulfonamides is 1. The van der Waals surface area contributed by atoms with Crippen LogP contribution >= 0.6 is 0 Å². The van der Waals surface area contributed by atoms with E-state index in [4.69, 9.17) is 10.5 Å². The molecule has 0 aliphatic rings. The molecule has 0 amide bonds. The van der Waals surface area contributed by atoms with Gasteiger partial charge < -0.3 is 10.5 Å². The number of nitrogens with two attached hydrogens (primary N) is 1. The first kappa shape index (κ1) is 17.9. The molecule has 0 aromatic heterocycles. The Kier molecular flexibility index (Phi) is 7.71. The van der Waals surface area contributed by atoms with Crippen molar-refractivity contribution in [2.24, 2.45) is 5.73 Å². The van der Waals surface area contributed by atoms with Crippen molar-refractivity contribution in [3.05, 3.63) is 24.3 Å². The van der Waals surface area contributed by atoms with Crippen molar-refractivity contribution in [2.75, 3.05) is 26.2 Å². The molecule has 1 aromatic carbocycles. The molecule has 0 bridgehead atoms. The Labute approximate surface area is 128 Å². The molecule has 0 atom stereocenters. The summed E-state index contributed by atoms with van der Waals surface area (Å²) in [4.78, 5) is 0.312. The quantitative estimate of drug-likeness (QED) is 0.672. The normalized spacial score (nSPS) is 11.8. The molecule has 1 aromatic rings. The smallest absolute Gasteiger partial charge is 0.243 e. The molecule has 0 fully saturated rings. The van der Waals surface area contributed by atoms with E-state index >= 15 is 0 Å². The molecule has 0 saturated heterocycles. The summed E-state index contributed by atoms with van der Waals surface area (Å²) in [6.45, 7) is 6.07. The lowest BCUT2D eigenvalue weighted by Crippen LogP contribution is -2.31. The molecule has 21 heavy (non-hydrogen) atoms. The predicted molar refractivity (Wildman–Crippen MR) is 84.9 cm³/mol. The molecule has 0 spiro atoms. The van der Waals surface area contributed by atoms with Gasteiger partial charge in [-0.1, -0.05) is 20.3 Å². The molecule has 0 heterocycles. The second-order valence-electron chi connectivity index (χ2n) is 4.81. The average Bonchev–Trinajstić information content (AvgIpc) is 2.48. The molecule has 2 N–H and O–H groups in total. The molecule has 0 aliphatic heterocycles. The maximum Gasteiger partial charge on any atom is 0.243 e. The monoisotopic (exact) mass is 314 g/mol. The van der Waals surface area contributed by atoms with Gasteiger partial charge in [0.05, 0.1) is 11.5 Å². The van der Waals surface area contributed by atoms with Gasteiger partial charge in [-0.3, -0.25) is 0 Å². The van der Waals surface area contributed by atoms with Crippen molar-refractivity contribution in [3.8, 4) is 5.75 Å². The predicted octanol–water partition coefficient (Wildman–Crippen LogP) is 2.22. The zero-order valence-electron chi connectivity index (χ0n) is 12.9. The van der Waals surface area contributed by atoms with Crippen LogP contribution in [0, 0.1) is 0 Å². The Bertz CT molecular complexity index is 500. The Morgan fingerprint density at radius 3 is 2.33 bits per heavy atom. The first-order valence-corrected chi connectivity index (χ1v) is 8.93. The highest BCUT2D eigenvalue weighted by molar-refractivity contribution is 7.89. The third-order valence-corrected chi connectivity index (χ3v) is 5.18. The maximum absolute atomic E-state index is 12.5. The van der Waals surface area contributed by atoms with Gasteiger partial charge in [0.25, 0.3) is 0 Å². The van der Waals surface area contributed by atoms with Crippen LogP contribution in [0.25, 0.3) is 0 Å². The van der Waals surface area contributed by atoms with Crippen molar-refractivity contribution in [2.45, 2.75) is 38.0 Å². The zero-order chi connectivity index (χ0) is 15.7. The largest absolute Gasteiger partial charge is 0.494 e. The van der Waals surface area contributed by atoms with Crippen molar-refractivity contribution >= 4 is 10.0 Å². The van der Waals surface area contributed by atoms with Crippen LogP contribution in [0.4, 0.5) is 0 Å². The van der Waals surface area contributed by atoms with Gasteiger partial charge in [0, 0.05) is 13.1 Å². The lowest BCUT2D eigenvalue weighted by molar-refractivity contribution is 0.313. The van der Waals surface area contributed by atoms with Gasteiger partial charge in [0.2, 0.25) is 10.0 Å². The summed E-state index contributed by atoms with van der Waals surface area (Å²) in [5.74, 6) is 0.666. The second kappa shape index (κ2) is 9.02. The lowest BCUT2D eigenvalue weighted by atomic mass is 10.3. The summed E-state index contributed by atoms with van der Waals surface area (Å²) in [5.41, 5.74) is 5.40. The fraction of sp³-hybridized carbons (Fsp3) is 0.600. The number of nitrogens with zero attached hydrogens (tertiary/aromatic N) is 1. The van der Waals surface area contributed by atoms with E-state index in [0.29, 0.717) is 36.9 Å². The van der Waals surface area contributed by atoms with E-state index in [0.717, 1.165) is 19.3 Å². The summed E-state index contributed by atoms with van der Waals surface area (Å²) in [7, 11) is -3.41. The Morgan fingerprint density at radius 2 is 1.81 bits per heavy atom. The van der Waals surface area contributed by atoms with Gasteiger partial charge in [-0.15, -0.1) is 0 Å². The van der Waals surface area contributed by atoms with E-state index < -0.39 is 10.0 Å². The van der Waals surface area contributed by atoms with Crippen LogP contribution in [0.2, 0.25) is 0 Å². The van der Waals surface area contributed by atoms with Crippen LogP contribution < -0.4 is 10.5 Å². The molecule has 0 aliphatic carbocycles. The fourth-order valence-corrected chi connectivity index (χ4v) is 3.40. The molecule has 5 nitrogen and oxygen atoms in total. The number of hydrogen-bond acceptors (Lipinski definition) is 4. The van der Waals surface area contributed by atoms with Gasteiger partial charge in [0.1, 0.15) is 5.75 Å². The lowest BCUT2D eigenvalue weighted by Gasteiger charge is -2.20. The number of benzene rings is 1. The van der Waals surface area contributed by atoms with Crippen molar-refractivity contribution in [1.29, 1.82) is 0 Å². The van der Waals surface area contributed by atoms with E-state index in [1.807, 2.05) is 13.8 Å². The van der Waals surface area contributed by atoms with E-state index in [1.54, 1.807) is 24.3 Å². The van der Waals surface area contributed by atoms with Gasteiger partial charge in [-0.25, -0.2) is 8.42 Å². The van der Waals surface area contributed by atoms with Crippen molar-refractivity contribution < 1.29 is 13.2 Å². The second-order valence-corrected chi connectivity index (χ2v) is 6.75. The summed E-state index contributed by atoms with van der Waals surface area (Å²) in [6, 6.07) is 6.58. The first-order chi connectivity index (χ1) is 10.1. The highest BCUT2D eigenvalue weighted by Crippen LogP contribution is 2.20. The van der Waals surface area contributed by atoms with Crippen LogP contribution in [-0.2, 0) is 10.0 Å². The molecule has 0 radical (unpaired) electrons. The Balaban J connectivity index is 2.78. The number of ether oxygens (including phenoxy) is 1. The summed E-state index contributed by atoms with van der Waals surface area (Å²) in [6.07, 6.45) is 2.62. The minimum atomic E-state index is -3.41. The van der Waals surface area contributed by atoms with Crippen LogP contribution in [0.5, 0.6) is 5.75 Å².